The molecule has 1 aliphatic carbocycles. The first-order chi connectivity index (χ1) is 9.10. The Hall–Kier alpha value is -0.930. The molecular formula is C16H25FN2. The van der Waals surface area contributed by atoms with Gasteiger partial charge in [0.25, 0.3) is 0 Å². The van der Waals surface area contributed by atoms with Crippen molar-refractivity contribution in [1.82, 2.24) is 4.90 Å². The molecule has 0 amide bonds. The van der Waals surface area contributed by atoms with Crippen LogP contribution in [0.1, 0.15) is 43.7 Å². The van der Waals surface area contributed by atoms with Crippen LogP contribution >= 0.6 is 0 Å². The van der Waals surface area contributed by atoms with Gasteiger partial charge >= 0.3 is 0 Å². The minimum Gasteiger partial charge on any atom is -0.326 e. The van der Waals surface area contributed by atoms with Crippen molar-refractivity contribution in [3.63, 3.8) is 0 Å². The van der Waals surface area contributed by atoms with Crippen LogP contribution in [-0.4, -0.2) is 18.0 Å². The lowest BCUT2D eigenvalue weighted by atomic mass is 9.86. The van der Waals surface area contributed by atoms with Gasteiger partial charge in [0.05, 0.1) is 0 Å². The van der Waals surface area contributed by atoms with Crippen LogP contribution in [0.4, 0.5) is 4.39 Å². The predicted molar refractivity (Wildman–Crippen MR) is 77.2 cm³/mol. The van der Waals surface area contributed by atoms with Crippen molar-refractivity contribution in [2.75, 3.05) is 7.05 Å². The molecule has 0 atom stereocenters. The first kappa shape index (κ1) is 14.5. The summed E-state index contributed by atoms with van der Waals surface area (Å²) >= 11 is 0. The molecule has 0 unspecified atom stereocenters. The number of hydrogen-bond acceptors (Lipinski definition) is 2. The van der Waals surface area contributed by atoms with Gasteiger partial charge in [-0.05, 0) is 50.3 Å². The average molecular weight is 264 g/mol. The van der Waals surface area contributed by atoms with Crippen molar-refractivity contribution in [3.05, 3.63) is 35.1 Å². The summed E-state index contributed by atoms with van der Waals surface area (Å²) in [6, 6.07) is 5.80. The summed E-state index contributed by atoms with van der Waals surface area (Å²) in [4.78, 5) is 2.30. The van der Waals surface area contributed by atoms with Gasteiger partial charge in [0, 0.05) is 24.7 Å². The maximum absolute atomic E-state index is 13.8. The van der Waals surface area contributed by atoms with E-state index in [1.165, 1.54) is 31.7 Å². The van der Waals surface area contributed by atoms with Crippen LogP contribution in [0.5, 0.6) is 0 Å². The maximum atomic E-state index is 13.8. The Morgan fingerprint density at radius 2 is 1.95 bits per heavy atom. The highest BCUT2D eigenvalue weighted by molar-refractivity contribution is 5.25. The van der Waals surface area contributed by atoms with Crippen molar-refractivity contribution in [2.24, 2.45) is 11.7 Å². The zero-order valence-corrected chi connectivity index (χ0v) is 12.0. The number of nitrogens with zero attached hydrogens (tertiary/aromatic N) is 1. The van der Waals surface area contributed by atoms with Gasteiger partial charge in [0.2, 0.25) is 0 Å². The summed E-state index contributed by atoms with van der Waals surface area (Å²) in [6.45, 7) is 3.47. The number of nitrogens with two attached hydrogens (primary N) is 1. The average Bonchev–Trinajstić information content (AvgIpc) is 2.42. The van der Waals surface area contributed by atoms with Crippen LogP contribution in [0.2, 0.25) is 0 Å². The van der Waals surface area contributed by atoms with Gasteiger partial charge in [-0.1, -0.05) is 19.1 Å². The Morgan fingerprint density at radius 1 is 1.26 bits per heavy atom. The Bertz CT molecular complexity index is 411. The molecule has 3 heteroatoms. The quantitative estimate of drug-likeness (QED) is 0.904. The topological polar surface area (TPSA) is 29.3 Å². The third-order valence-electron chi connectivity index (χ3n) is 4.37. The highest BCUT2D eigenvalue weighted by Crippen LogP contribution is 2.27. The highest BCUT2D eigenvalue weighted by Gasteiger charge is 2.22. The fourth-order valence-electron chi connectivity index (χ4n) is 2.96. The standard InChI is InChI=1S/C16H25FN2/c1-12-3-6-15(7-4-12)19(2)11-14-9-13(10-18)5-8-16(14)17/h5,8-9,12,15H,3-4,6-7,10-11,18H2,1-2H3. The van der Waals surface area contributed by atoms with E-state index in [4.69, 9.17) is 5.73 Å². The number of halogens is 1. The molecule has 1 saturated carbocycles. The molecule has 0 spiro atoms. The Balaban J connectivity index is 2.00. The lowest BCUT2D eigenvalue weighted by Crippen LogP contribution is -2.34. The van der Waals surface area contributed by atoms with Crippen LogP contribution in [-0.2, 0) is 13.1 Å². The minimum absolute atomic E-state index is 0.117. The molecule has 0 aliphatic heterocycles. The first-order valence-corrected chi connectivity index (χ1v) is 7.27. The summed E-state index contributed by atoms with van der Waals surface area (Å²) in [5.74, 6) is 0.732. The van der Waals surface area contributed by atoms with Crippen LogP contribution in [0.25, 0.3) is 0 Å². The molecule has 106 valence electrons. The summed E-state index contributed by atoms with van der Waals surface area (Å²) in [6.07, 6.45) is 5.05. The number of hydrogen-bond donors (Lipinski definition) is 1. The molecule has 0 bridgehead atoms. The molecule has 0 aromatic heterocycles. The van der Waals surface area contributed by atoms with E-state index in [-0.39, 0.29) is 5.82 Å². The molecule has 2 rings (SSSR count). The number of benzene rings is 1. The van der Waals surface area contributed by atoms with Crippen LogP contribution in [0.15, 0.2) is 18.2 Å². The van der Waals surface area contributed by atoms with Gasteiger partial charge in [-0.2, -0.15) is 0 Å². The van der Waals surface area contributed by atoms with Crippen molar-refractivity contribution in [3.8, 4) is 0 Å². The van der Waals surface area contributed by atoms with Crippen LogP contribution in [0.3, 0.4) is 0 Å². The Labute approximate surface area is 115 Å². The SMILES string of the molecule is CC1CCC(N(C)Cc2cc(CN)ccc2F)CC1. The predicted octanol–water partition coefficient (Wildman–Crippen LogP) is 3.29. The second-order valence-electron chi connectivity index (χ2n) is 5.96. The third kappa shape index (κ3) is 3.77. The van der Waals surface area contributed by atoms with E-state index in [1.807, 2.05) is 6.07 Å². The molecule has 1 aromatic carbocycles. The van der Waals surface area contributed by atoms with E-state index in [0.29, 0.717) is 19.1 Å². The molecule has 1 aromatic rings. The van der Waals surface area contributed by atoms with E-state index in [2.05, 4.69) is 18.9 Å². The molecule has 19 heavy (non-hydrogen) atoms. The zero-order valence-electron chi connectivity index (χ0n) is 12.0. The van der Waals surface area contributed by atoms with Gasteiger partial charge in [-0.25, -0.2) is 4.39 Å². The first-order valence-electron chi connectivity index (χ1n) is 7.27. The zero-order chi connectivity index (χ0) is 13.8. The monoisotopic (exact) mass is 264 g/mol. The van der Waals surface area contributed by atoms with E-state index >= 15 is 0 Å². The smallest absolute Gasteiger partial charge is 0.127 e. The lowest BCUT2D eigenvalue weighted by Gasteiger charge is -2.33. The van der Waals surface area contributed by atoms with E-state index < -0.39 is 0 Å². The maximum Gasteiger partial charge on any atom is 0.127 e. The minimum atomic E-state index is -0.117. The van der Waals surface area contributed by atoms with Gasteiger partial charge < -0.3 is 5.73 Å². The molecular weight excluding hydrogens is 239 g/mol. The van der Waals surface area contributed by atoms with Gasteiger partial charge in [0.1, 0.15) is 5.82 Å². The van der Waals surface area contributed by atoms with Crippen molar-refractivity contribution in [2.45, 2.75) is 51.7 Å². The van der Waals surface area contributed by atoms with Crippen LogP contribution in [0, 0.1) is 11.7 Å². The molecule has 0 saturated heterocycles. The summed E-state index contributed by atoms with van der Waals surface area (Å²) in [5, 5.41) is 0. The third-order valence-corrected chi connectivity index (χ3v) is 4.37. The normalized spacial score (nSPS) is 23.8. The second kappa shape index (κ2) is 6.49. The van der Waals surface area contributed by atoms with Crippen molar-refractivity contribution >= 4 is 0 Å². The molecule has 0 heterocycles. The number of rotatable bonds is 4. The van der Waals surface area contributed by atoms with Crippen molar-refractivity contribution in [1.29, 1.82) is 0 Å². The van der Waals surface area contributed by atoms with Crippen molar-refractivity contribution < 1.29 is 4.39 Å². The summed E-state index contributed by atoms with van der Waals surface area (Å²) in [7, 11) is 2.11. The van der Waals surface area contributed by atoms with Gasteiger partial charge in [0.15, 0.2) is 0 Å². The largest absolute Gasteiger partial charge is 0.326 e. The Kier molecular flexibility index (Phi) is 4.94. The second-order valence-corrected chi connectivity index (χ2v) is 5.96. The van der Waals surface area contributed by atoms with Gasteiger partial charge in [-0.15, -0.1) is 0 Å². The molecule has 0 radical (unpaired) electrons. The van der Waals surface area contributed by atoms with E-state index in [1.54, 1.807) is 6.07 Å². The fourth-order valence-corrected chi connectivity index (χ4v) is 2.96. The van der Waals surface area contributed by atoms with E-state index in [9.17, 15) is 4.39 Å². The highest BCUT2D eigenvalue weighted by atomic mass is 19.1. The molecule has 1 aliphatic rings. The molecule has 2 nitrogen and oxygen atoms in total. The summed E-state index contributed by atoms with van der Waals surface area (Å²) in [5.41, 5.74) is 7.39. The molecule has 2 N–H and O–H groups in total. The summed E-state index contributed by atoms with van der Waals surface area (Å²) < 4.78 is 13.8. The fraction of sp³-hybridized carbons (Fsp3) is 0.625. The lowest BCUT2D eigenvalue weighted by molar-refractivity contribution is 0.162. The van der Waals surface area contributed by atoms with Gasteiger partial charge in [-0.3, -0.25) is 4.90 Å². The molecule has 1 fully saturated rings. The Morgan fingerprint density at radius 3 is 2.58 bits per heavy atom. The van der Waals surface area contributed by atoms with Crippen LogP contribution < -0.4 is 5.73 Å². The van der Waals surface area contributed by atoms with E-state index in [0.717, 1.165) is 17.0 Å².